The van der Waals surface area contributed by atoms with E-state index in [0.29, 0.717) is 17.3 Å². The Labute approximate surface area is 182 Å². The maximum absolute atomic E-state index is 12.7. The molecule has 0 fully saturated rings. The zero-order valence-electron chi connectivity index (χ0n) is 17.4. The normalized spacial score (nSPS) is 13.0. The summed E-state index contributed by atoms with van der Waals surface area (Å²) >= 11 is 1.45. The van der Waals surface area contributed by atoms with Crippen molar-refractivity contribution >= 4 is 22.4 Å². The molecule has 1 amide bonds. The van der Waals surface area contributed by atoms with E-state index < -0.39 is 0 Å². The van der Waals surface area contributed by atoms with Gasteiger partial charge in [0.2, 0.25) is 0 Å². The number of benzene rings is 2. The number of rotatable bonds is 8. The van der Waals surface area contributed by atoms with Crippen LogP contribution < -0.4 is 10.1 Å². The van der Waals surface area contributed by atoms with Gasteiger partial charge in [-0.15, -0.1) is 11.3 Å². The third kappa shape index (κ3) is 5.08. The molecular formula is C25H28N2O2S. The van der Waals surface area contributed by atoms with Crippen LogP contribution in [-0.4, -0.2) is 17.5 Å². The van der Waals surface area contributed by atoms with E-state index in [1.165, 1.54) is 41.7 Å². The van der Waals surface area contributed by atoms with Crippen LogP contribution in [0.2, 0.25) is 0 Å². The second-order valence-corrected chi connectivity index (χ2v) is 8.62. The van der Waals surface area contributed by atoms with Gasteiger partial charge in [0.15, 0.2) is 5.13 Å². The number of ether oxygens (including phenoxy) is 1. The Kier molecular flexibility index (Phi) is 6.80. The highest BCUT2D eigenvalue weighted by Gasteiger charge is 2.14. The molecule has 0 bridgehead atoms. The van der Waals surface area contributed by atoms with Gasteiger partial charge in [-0.1, -0.05) is 38.0 Å². The zero-order valence-corrected chi connectivity index (χ0v) is 18.3. The number of aromatic nitrogens is 1. The van der Waals surface area contributed by atoms with Gasteiger partial charge in [0.25, 0.3) is 5.91 Å². The van der Waals surface area contributed by atoms with Crippen molar-refractivity contribution in [2.45, 2.75) is 51.9 Å². The van der Waals surface area contributed by atoms with Crippen LogP contribution in [0.5, 0.6) is 5.75 Å². The molecule has 2 aromatic carbocycles. The summed E-state index contributed by atoms with van der Waals surface area (Å²) in [4.78, 5) is 17.3. The summed E-state index contributed by atoms with van der Waals surface area (Å²) in [6, 6.07) is 14.0. The Morgan fingerprint density at radius 2 is 1.97 bits per heavy atom. The quantitative estimate of drug-likeness (QED) is 0.423. The second kappa shape index (κ2) is 9.90. The number of carbonyl (C=O) groups excluding carboxylic acids is 1. The third-order valence-corrected chi connectivity index (χ3v) is 6.24. The molecule has 30 heavy (non-hydrogen) atoms. The molecule has 0 aliphatic heterocycles. The third-order valence-electron chi connectivity index (χ3n) is 5.48. The Bertz CT molecular complexity index is 1010. The fraction of sp³-hybridized carbons (Fsp3) is 0.360. The van der Waals surface area contributed by atoms with Gasteiger partial charge in [-0.3, -0.25) is 10.1 Å². The van der Waals surface area contributed by atoms with E-state index in [1.807, 2.05) is 17.5 Å². The van der Waals surface area contributed by atoms with Crippen molar-refractivity contribution < 1.29 is 9.53 Å². The van der Waals surface area contributed by atoms with Gasteiger partial charge >= 0.3 is 0 Å². The highest BCUT2D eigenvalue weighted by Crippen LogP contribution is 2.30. The molecule has 0 spiro atoms. The number of nitrogens with one attached hydrogen (secondary N) is 1. The number of nitrogens with zero attached hydrogens (tertiary/aromatic N) is 1. The first-order chi connectivity index (χ1) is 14.7. The topological polar surface area (TPSA) is 51.2 Å². The van der Waals surface area contributed by atoms with Crippen LogP contribution in [0.4, 0.5) is 5.13 Å². The molecule has 156 valence electrons. The number of unbranched alkanes of at least 4 members (excludes halogenated alkanes) is 2. The molecule has 3 aromatic rings. The van der Waals surface area contributed by atoms with Crippen LogP contribution in [0.1, 0.15) is 60.5 Å². The maximum Gasteiger partial charge on any atom is 0.257 e. The summed E-state index contributed by atoms with van der Waals surface area (Å²) in [6.45, 7) is 2.84. The van der Waals surface area contributed by atoms with E-state index in [2.05, 4.69) is 35.4 Å². The highest BCUT2D eigenvalue weighted by atomic mass is 32.1. The minimum absolute atomic E-state index is 0.166. The lowest BCUT2D eigenvalue weighted by Crippen LogP contribution is -2.12. The van der Waals surface area contributed by atoms with Crippen molar-refractivity contribution in [2.24, 2.45) is 0 Å². The van der Waals surface area contributed by atoms with Gasteiger partial charge in [-0.2, -0.15) is 0 Å². The maximum atomic E-state index is 12.7. The molecular weight excluding hydrogens is 392 g/mol. The summed E-state index contributed by atoms with van der Waals surface area (Å²) in [5, 5.41) is 5.55. The predicted octanol–water partition coefficient (Wildman–Crippen LogP) is 6.51. The van der Waals surface area contributed by atoms with Crippen molar-refractivity contribution in [3.63, 3.8) is 0 Å². The van der Waals surface area contributed by atoms with E-state index >= 15 is 0 Å². The molecule has 4 nitrogen and oxygen atoms in total. The Hall–Kier alpha value is -2.66. The molecule has 1 aliphatic rings. The van der Waals surface area contributed by atoms with Crippen molar-refractivity contribution in [1.29, 1.82) is 0 Å². The first-order valence-corrected chi connectivity index (χ1v) is 11.7. The van der Waals surface area contributed by atoms with Crippen molar-refractivity contribution in [3.8, 4) is 17.0 Å². The lowest BCUT2D eigenvalue weighted by molar-refractivity contribution is 0.102. The first-order valence-electron chi connectivity index (χ1n) is 10.8. The van der Waals surface area contributed by atoms with E-state index in [9.17, 15) is 4.79 Å². The highest BCUT2D eigenvalue weighted by molar-refractivity contribution is 7.14. The fourth-order valence-corrected chi connectivity index (χ4v) is 4.51. The summed E-state index contributed by atoms with van der Waals surface area (Å²) in [7, 11) is 0. The van der Waals surface area contributed by atoms with Gasteiger partial charge < -0.3 is 4.74 Å². The lowest BCUT2D eigenvalue weighted by Gasteiger charge is -2.16. The van der Waals surface area contributed by atoms with E-state index in [-0.39, 0.29) is 5.91 Å². The number of aryl methyl sites for hydroxylation is 2. The minimum atomic E-state index is -0.166. The first kappa shape index (κ1) is 20.6. The molecule has 4 rings (SSSR count). The Morgan fingerprint density at radius 1 is 1.10 bits per heavy atom. The molecule has 1 N–H and O–H groups in total. The molecule has 0 unspecified atom stereocenters. The number of hydrogen-bond acceptors (Lipinski definition) is 4. The largest absolute Gasteiger partial charge is 0.494 e. The van der Waals surface area contributed by atoms with Crippen molar-refractivity contribution in [3.05, 3.63) is 64.5 Å². The molecule has 1 heterocycles. The van der Waals surface area contributed by atoms with Gasteiger partial charge in [-0.25, -0.2) is 4.98 Å². The van der Waals surface area contributed by atoms with Crippen LogP contribution in [0.3, 0.4) is 0 Å². The molecule has 0 radical (unpaired) electrons. The number of carbonyl (C=O) groups is 1. The van der Waals surface area contributed by atoms with Gasteiger partial charge in [0.05, 0.1) is 12.3 Å². The van der Waals surface area contributed by atoms with Gasteiger partial charge in [0.1, 0.15) is 5.75 Å². The SMILES string of the molecule is CCCCCOc1cccc(C(=O)Nc2nc(-c3ccc4c(c3)CCCC4)cs2)c1. The average molecular weight is 421 g/mol. The van der Waals surface area contributed by atoms with Crippen LogP contribution in [0.15, 0.2) is 47.8 Å². The molecule has 0 saturated heterocycles. The molecule has 0 atom stereocenters. The Balaban J connectivity index is 1.41. The number of thiazole rings is 1. The van der Waals surface area contributed by atoms with Crippen molar-refractivity contribution in [2.75, 3.05) is 11.9 Å². The van der Waals surface area contributed by atoms with Crippen LogP contribution in [0.25, 0.3) is 11.3 Å². The van der Waals surface area contributed by atoms with Crippen LogP contribution >= 0.6 is 11.3 Å². The molecule has 5 heteroatoms. The number of amides is 1. The van der Waals surface area contributed by atoms with E-state index in [0.717, 1.165) is 42.7 Å². The number of anilines is 1. The van der Waals surface area contributed by atoms with E-state index in [1.54, 1.807) is 12.1 Å². The lowest BCUT2D eigenvalue weighted by atomic mass is 9.90. The van der Waals surface area contributed by atoms with E-state index in [4.69, 9.17) is 4.74 Å². The van der Waals surface area contributed by atoms with Gasteiger partial charge in [-0.05, 0) is 67.5 Å². The standard InChI is InChI=1S/C25H28N2O2S/c1-2-3-6-14-29-22-11-7-10-21(16-22)24(28)27-25-26-23(17-30-25)20-13-12-18-8-4-5-9-19(18)15-20/h7,10-13,15-17H,2-6,8-9,14H2,1H3,(H,26,27,28). The molecule has 1 aliphatic carbocycles. The monoisotopic (exact) mass is 420 g/mol. The molecule has 1 aromatic heterocycles. The Morgan fingerprint density at radius 3 is 2.83 bits per heavy atom. The summed E-state index contributed by atoms with van der Waals surface area (Å²) < 4.78 is 5.76. The smallest absolute Gasteiger partial charge is 0.257 e. The van der Waals surface area contributed by atoms with Gasteiger partial charge in [0, 0.05) is 16.5 Å². The zero-order chi connectivity index (χ0) is 20.8. The number of hydrogen-bond donors (Lipinski definition) is 1. The second-order valence-electron chi connectivity index (χ2n) is 7.77. The summed E-state index contributed by atoms with van der Waals surface area (Å²) in [5.41, 5.74) is 5.51. The fourth-order valence-electron chi connectivity index (χ4n) is 3.79. The average Bonchev–Trinajstić information content (AvgIpc) is 3.25. The number of fused-ring (bicyclic) bond motifs is 1. The minimum Gasteiger partial charge on any atom is -0.494 e. The summed E-state index contributed by atoms with van der Waals surface area (Å²) in [5.74, 6) is 0.563. The van der Waals surface area contributed by atoms with Crippen LogP contribution in [-0.2, 0) is 12.8 Å². The predicted molar refractivity (Wildman–Crippen MR) is 124 cm³/mol. The summed E-state index contributed by atoms with van der Waals surface area (Å²) in [6.07, 6.45) is 8.20. The molecule has 0 saturated carbocycles. The van der Waals surface area contributed by atoms with Crippen LogP contribution in [0, 0.1) is 0 Å². The van der Waals surface area contributed by atoms with Crippen molar-refractivity contribution in [1.82, 2.24) is 4.98 Å².